The fraction of sp³-hybridized carbons (Fsp3) is 0.286. The molecule has 0 saturated carbocycles. The lowest BCUT2D eigenvalue weighted by molar-refractivity contribution is 0.0730. The molecule has 2 aromatic heterocycles. The number of hydrogen-bond acceptors (Lipinski definition) is 4. The second-order valence-corrected chi connectivity index (χ2v) is 10.4. The van der Waals surface area contributed by atoms with Crippen LogP contribution >= 0.6 is 0 Å². The lowest BCUT2D eigenvalue weighted by Gasteiger charge is -2.34. The number of fused-ring (bicyclic) bond motifs is 1. The lowest BCUT2D eigenvalue weighted by atomic mass is 9.82. The number of pyridine rings is 1. The Morgan fingerprint density at radius 2 is 1.65 bits per heavy atom. The van der Waals surface area contributed by atoms with Crippen molar-refractivity contribution in [2.45, 2.75) is 46.6 Å². The van der Waals surface area contributed by atoms with Crippen molar-refractivity contribution in [1.82, 2.24) is 9.38 Å². The Balaban J connectivity index is 1.64. The smallest absolute Gasteiger partial charge is 0.346 e. The highest BCUT2D eigenvalue weighted by molar-refractivity contribution is 5.91. The van der Waals surface area contributed by atoms with Crippen LogP contribution in [0, 0.1) is 11.2 Å². The molecule has 0 amide bonds. The van der Waals surface area contributed by atoms with Gasteiger partial charge in [0.2, 0.25) is 0 Å². The number of hydrogen-bond donors (Lipinski definition) is 1. The van der Waals surface area contributed by atoms with Gasteiger partial charge in [0, 0.05) is 17.3 Å². The van der Waals surface area contributed by atoms with Crippen LogP contribution in [0.15, 0.2) is 72.9 Å². The SMILES string of the molecule is CC(C)(C)CC(C)(C)Nc1c(-c2ccc(OC(=O)c3ccccc3F)cc2)nc2ccccn12. The summed E-state index contributed by atoms with van der Waals surface area (Å²) in [5.74, 6) is -0.100. The largest absolute Gasteiger partial charge is 0.423 e. The van der Waals surface area contributed by atoms with E-state index >= 15 is 0 Å². The number of esters is 1. The molecule has 0 radical (unpaired) electrons. The van der Waals surface area contributed by atoms with Gasteiger partial charge in [-0.25, -0.2) is 14.2 Å². The van der Waals surface area contributed by atoms with Crippen molar-refractivity contribution in [1.29, 1.82) is 0 Å². The van der Waals surface area contributed by atoms with Gasteiger partial charge in [-0.15, -0.1) is 0 Å². The summed E-state index contributed by atoms with van der Waals surface area (Å²) in [6.07, 6.45) is 2.95. The van der Waals surface area contributed by atoms with Gasteiger partial charge in [0.15, 0.2) is 0 Å². The molecular weight excluding hydrogens is 429 g/mol. The molecule has 176 valence electrons. The van der Waals surface area contributed by atoms with E-state index in [4.69, 9.17) is 9.72 Å². The van der Waals surface area contributed by atoms with E-state index in [2.05, 4.69) is 39.9 Å². The van der Waals surface area contributed by atoms with Gasteiger partial charge in [-0.3, -0.25) is 4.40 Å². The topological polar surface area (TPSA) is 55.6 Å². The van der Waals surface area contributed by atoms with Crippen LogP contribution in [0.3, 0.4) is 0 Å². The quantitative estimate of drug-likeness (QED) is 0.249. The minimum atomic E-state index is -0.732. The number of halogens is 1. The first-order valence-electron chi connectivity index (χ1n) is 11.3. The number of nitrogens with zero attached hydrogens (tertiary/aromatic N) is 2. The summed E-state index contributed by atoms with van der Waals surface area (Å²) >= 11 is 0. The number of nitrogens with one attached hydrogen (secondary N) is 1. The maximum Gasteiger partial charge on any atom is 0.346 e. The van der Waals surface area contributed by atoms with Crippen LogP contribution in [-0.4, -0.2) is 20.9 Å². The third-order valence-electron chi connectivity index (χ3n) is 5.39. The lowest BCUT2D eigenvalue weighted by Crippen LogP contribution is -2.36. The molecule has 0 saturated heterocycles. The molecule has 34 heavy (non-hydrogen) atoms. The molecule has 6 heteroatoms. The highest BCUT2D eigenvalue weighted by Crippen LogP contribution is 2.35. The van der Waals surface area contributed by atoms with Crippen molar-refractivity contribution in [2.75, 3.05) is 5.32 Å². The summed E-state index contributed by atoms with van der Waals surface area (Å²) in [6.45, 7) is 11.1. The Bertz CT molecular complexity index is 1320. The van der Waals surface area contributed by atoms with Crippen LogP contribution in [0.1, 0.15) is 51.4 Å². The standard InChI is InChI=1S/C28H30FN3O2/c1-27(2,3)18-28(4,5)31-25-24(30-23-12-8-9-17-32(23)25)19-13-15-20(16-14-19)34-26(33)21-10-6-7-11-22(21)29/h6-17,31H,18H2,1-5H3. The number of carbonyl (C=O) groups excluding carboxylic acids is 1. The van der Waals surface area contributed by atoms with E-state index in [0.29, 0.717) is 5.75 Å². The molecule has 2 heterocycles. The summed E-state index contributed by atoms with van der Waals surface area (Å²) in [5, 5.41) is 3.71. The van der Waals surface area contributed by atoms with Gasteiger partial charge in [-0.05, 0) is 74.2 Å². The fourth-order valence-corrected chi connectivity index (χ4v) is 4.48. The second kappa shape index (κ2) is 8.93. The Morgan fingerprint density at radius 3 is 2.32 bits per heavy atom. The number of rotatable bonds is 6. The Labute approximate surface area is 199 Å². The number of carbonyl (C=O) groups is 1. The van der Waals surface area contributed by atoms with Crippen molar-refractivity contribution in [3.63, 3.8) is 0 Å². The molecule has 0 unspecified atom stereocenters. The molecule has 4 rings (SSSR count). The van der Waals surface area contributed by atoms with Gasteiger partial charge in [0.25, 0.3) is 0 Å². The number of aromatic nitrogens is 2. The molecule has 1 N–H and O–H groups in total. The Kier molecular flexibility index (Phi) is 6.17. The average Bonchev–Trinajstić information content (AvgIpc) is 3.10. The van der Waals surface area contributed by atoms with Gasteiger partial charge in [-0.1, -0.05) is 39.0 Å². The fourth-order valence-electron chi connectivity index (χ4n) is 4.48. The first kappa shape index (κ1) is 23.5. The van der Waals surface area contributed by atoms with Crippen molar-refractivity contribution in [3.05, 3.63) is 84.3 Å². The summed E-state index contributed by atoms with van der Waals surface area (Å²) in [5.41, 5.74) is 2.40. The van der Waals surface area contributed by atoms with E-state index < -0.39 is 11.8 Å². The maximum atomic E-state index is 13.9. The van der Waals surface area contributed by atoms with Gasteiger partial charge in [0.05, 0.1) is 5.56 Å². The van der Waals surface area contributed by atoms with Crippen molar-refractivity contribution in [3.8, 4) is 17.0 Å². The predicted octanol–water partition coefficient (Wildman–Crippen LogP) is 6.99. The summed E-state index contributed by atoms with van der Waals surface area (Å²) in [6, 6.07) is 18.8. The third kappa shape index (κ3) is 5.28. The molecule has 4 aromatic rings. The number of ether oxygens (including phenoxy) is 1. The molecule has 0 bridgehead atoms. The van der Waals surface area contributed by atoms with E-state index in [1.54, 1.807) is 18.2 Å². The number of benzene rings is 2. The minimum absolute atomic E-state index is 0.0977. The van der Waals surface area contributed by atoms with Crippen LogP contribution < -0.4 is 10.1 Å². The first-order chi connectivity index (χ1) is 16.0. The van der Waals surface area contributed by atoms with Gasteiger partial charge < -0.3 is 10.1 Å². The zero-order valence-corrected chi connectivity index (χ0v) is 20.2. The highest BCUT2D eigenvalue weighted by atomic mass is 19.1. The summed E-state index contributed by atoms with van der Waals surface area (Å²) in [7, 11) is 0. The average molecular weight is 460 g/mol. The normalized spacial score (nSPS) is 12.1. The molecule has 0 atom stereocenters. The van der Waals surface area contributed by atoms with Crippen LogP contribution in [0.25, 0.3) is 16.9 Å². The first-order valence-corrected chi connectivity index (χ1v) is 11.3. The van der Waals surface area contributed by atoms with Crippen LogP contribution in [0.5, 0.6) is 5.75 Å². The number of anilines is 1. The molecule has 0 aliphatic rings. The van der Waals surface area contributed by atoms with Crippen molar-refractivity contribution in [2.24, 2.45) is 5.41 Å². The zero-order valence-electron chi connectivity index (χ0n) is 20.2. The van der Waals surface area contributed by atoms with Crippen LogP contribution in [0.2, 0.25) is 0 Å². The van der Waals surface area contributed by atoms with E-state index in [9.17, 15) is 9.18 Å². The summed E-state index contributed by atoms with van der Waals surface area (Å²) < 4.78 is 21.3. The monoisotopic (exact) mass is 459 g/mol. The molecule has 5 nitrogen and oxygen atoms in total. The molecule has 0 spiro atoms. The molecule has 0 fully saturated rings. The third-order valence-corrected chi connectivity index (χ3v) is 5.39. The highest BCUT2D eigenvalue weighted by Gasteiger charge is 2.28. The molecule has 2 aromatic carbocycles. The Morgan fingerprint density at radius 1 is 0.971 bits per heavy atom. The van der Waals surface area contributed by atoms with E-state index in [0.717, 1.165) is 29.1 Å². The van der Waals surface area contributed by atoms with Crippen molar-refractivity contribution < 1.29 is 13.9 Å². The van der Waals surface area contributed by atoms with Crippen molar-refractivity contribution >= 4 is 17.4 Å². The van der Waals surface area contributed by atoms with Gasteiger partial charge >= 0.3 is 5.97 Å². The number of imidazole rings is 1. The molecule has 0 aliphatic heterocycles. The van der Waals surface area contributed by atoms with Gasteiger partial charge in [-0.2, -0.15) is 0 Å². The van der Waals surface area contributed by atoms with E-state index in [1.807, 2.05) is 40.9 Å². The molecular formula is C28H30FN3O2. The van der Waals surface area contributed by atoms with E-state index in [-0.39, 0.29) is 16.5 Å². The predicted molar refractivity (Wildman–Crippen MR) is 134 cm³/mol. The van der Waals surface area contributed by atoms with Crippen LogP contribution in [0.4, 0.5) is 10.2 Å². The molecule has 0 aliphatic carbocycles. The maximum absolute atomic E-state index is 13.9. The van der Waals surface area contributed by atoms with Gasteiger partial charge in [0.1, 0.15) is 28.7 Å². The Hall–Kier alpha value is -3.67. The van der Waals surface area contributed by atoms with Crippen LogP contribution in [-0.2, 0) is 0 Å². The zero-order chi connectivity index (χ0) is 24.5. The summed E-state index contributed by atoms with van der Waals surface area (Å²) in [4.78, 5) is 17.2. The minimum Gasteiger partial charge on any atom is -0.423 e. The van der Waals surface area contributed by atoms with E-state index in [1.165, 1.54) is 18.2 Å². The second-order valence-electron chi connectivity index (χ2n) is 10.4.